The maximum atomic E-state index is 4.37. The van der Waals surface area contributed by atoms with Gasteiger partial charge in [-0.25, -0.2) is 0 Å². The normalized spacial score (nSPS) is 12.5. The van der Waals surface area contributed by atoms with Gasteiger partial charge < -0.3 is 5.32 Å². The third-order valence-electron chi connectivity index (χ3n) is 3.58. The number of aromatic nitrogens is 2. The van der Waals surface area contributed by atoms with Crippen molar-refractivity contribution in [1.29, 1.82) is 0 Å². The Balaban J connectivity index is 1.90. The highest BCUT2D eigenvalue weighted by molar-refractivity contribution is 9.10. The average Bonchev–Trinajstić information content (AvgIpc) is 2.52. The van der Waals surface area contributed by atoms with E-state index in [1.54, 1.807) is 6.20 Å². The molecule has 0 aliphatic carbocycles. The number of fused-ring (bicyclic) bond motifs is 1. The van der Waals surface area contributed by atoms with Crippen LogP contribution < -0.4 is 5.32 Å². The van der Waals surface area contributed by atoms with Gasteiger partial charge in [0.1, 0.15) is 0 Å². The number of halogens is 1. The maximum absolute atomic E-state index is 4.37. The molecule has 2 aromatic heterocycles. The van der Waals surface area contributed by atoms with Gasteiger partial charge in [-0.3, -0.25) is 9.97 Å². The molecule has 0 saturated carbocycles. The average molecular weight is 342 g/mol. The monoisotopic (exact) mass is 341 g/mol. The standard InChI is InChI=1S/C17H16BrN3/c1-19-17(8-12-7-15(18)11-20-10-12)14-4-5-16-13(9-14)3-2-6-21-16/h2-7,9-11,17,19H,8H2,1H3. The molecule has 3 rings (SSSR count). The van der Waals surface area contributed by atoms with E-state index >= 15 is 0 Å². The van der Waals surface area contributed by atoms with E-state index < -0.39 is 0 Å². The lowest BCUT2D eigenvalue weighted by molar-refractivity contribution is 0.591. The number of hydrogen-bond donors (Lipinski definition) is 1. The summed E-state index contributed by atoms with van der Waals surface area (Å²) in [5.74, 6) is 0. The van der Waals surface area contributed by atoms with Crippen LogP contribution in [-0.2, 0) is 6.42 Å². The van der Waals surface area contributed by atoms with Crippen LogP contribution in [0.5, 0.6) is 0 Å². The summed E-state index contributed by atoms with van der Waals surface area (Å²) >= 11 is 3.47. The number of rotatable bonds is 4. The van der Waals surface area contributed by atoms with Gasteiger partial charge in [0.05, 0.1) is 5.52 Å². The van der Waals surface area contributed by atoms with Crippen molar-refractivity contribution < 1.29 is 0 Å². The van der Waals surface area contributed by atoms with Gasteiger partial charge in [-0.05, 0) is 64.8 Å². The minimum absolute atomic E-state index is 0.255. The highest BCUT2D eigenvalue weighted by atomic mass is 79.9. The molecule has 0 aliphatic heterocycles. The van der Waals surface area contributed by atoms with Gasteiger partial charge >= 0.3 is 0 Å². The van der Waals surface area contributed by atoms with Crippen molar-refractivity contribution in [3.63, 3.8) is 0 Å². The van der Waals surface area contributed by atoms with E-state index in [1.165, 1.54) is 16.5 Å². The molecule has 1 atom stereocenters. The highest BCUT2D eigenvalue weighted by Gasteiger charge is 2.11. The van der Waals surface area contributed by atoms with Gasteiger partial charge in [0.15, 0.2) is 0 Å². The van der Waals surface area contributed by atoms with Crippen LogP contribution in [-0.4, -0.2) is 17.0 Å². The van der Waals surface area contributed by atoms with E-state index in [4.69, 9.17) is 0 Å². The Morgan fingerprint density at radius 3 is 2.90 bits per heavy atom. The van der Waals surface area contributed by atoms with Crippen molar-refractivity contribution in [1.82, 2.24) is 15.3 Å². The van der Waals surface area contributed by atoms with Crippen LogP contribution in [0, 0.1) is 0 Å². The Morgan fingerprint density at radius 2 is 2.10 bits per heavy atom. The molecule has 1 unspecified atom stereocenters. The Bertz CT molecular complexity index is 758. The first-order valence-corrected chi connectivity index (χ1v) is 7.67. The largest absolute Gasteiger partial charge is 0.313 e. The minimum Gasteiger partial charge on any atom is -0.313 e. The van der Waals surface area contributed by atoms with Crippen LogP contribution in [0.3, 0.4) is 0 Å². The third kappa shape index (κ3) is 3.28. The number of pyridine rings is 2. The number of nitrogens with zero attached hydrogens (tertiary/aromatic N) is 2. The second-order valence-electron chi connectivity index (χ2n) is 5.01. The van der Waals surface area contributed by atoms with Crippen LogP contribution in [0.15, 0.2) is 59.5 Å². The molecule has 4 heteroatoms. The van der Waals surface area contributed by atoms with Crippen molar-refractivity contribution in [3.8, 4) is 0 Å². The summed E-state index contributed by atoms with van der Waals surface area (Å²) < 4.78 is 1.01. The second kappa shape index (κ2) is 6.33. The quantitative estimate of drug-likeness (QED) is 0.782. The summed E-state index contributed by atoms with van der Waals surface area (Å²) in [7, 11) is 1.99. The molecule has 0 radical (unpaired) electrons. The third-order valence-corrected chi connectivity index (χ3v) is 4.01. The zero-order valence-electron chi connectivity index (χ0n) is 11.8. The first-order valence-electron chi connectivity index (χ1n) is 6.87. The second-order valence-corrected chi connectivity index (χ2v) is 5.93. The Labute approximate surface area is 132 Å². The Kier molecular flexibility index (Phi) is 4.27. The lowest BCUT2D eigenvalue weighted by Crippen LogP contribution is -2.18. The lowest BCUT2D eigenvalue weighted by Gasteiger charge is -2.17. The predicted molar refractivity (Wildman–Crippen MR) is 89.2 cm³/mol. The number of nitrogens with one attached hydrogen (secondary N) is 1. The van der Waals surface area contributed by atoms with Crippen molar-refractivity contribution in [2.45, 2.75) is 12.5 Å². The molecule has 3 nitrogen and oxygen atoms in total. The van der Waals surface area contributed by atoms with Crippen LogP contribution in [0.2, 0.25) is 0 Å². The van der Waals surface area contributed by atoms with Crippen LogP contribution >= 0.6 is 15.9 Å². The fourth-order valence-electron chi connectivity index (χ4n) is 2.50. The molecule has 1 aromatic carbocycles. The molecule has 2 heterocycles. The minimum atomic E-state index is 0.255. The molecular formula is C17H16BrN3. The van der Waals surface area contributed by atoms with E-state index in [2.05, 4.69) is 61.5 Å². The summed E-state index contributed by atoms with van der Waals surface area (Å²) in [4.78, 5) is 8.60. The number of benzene rings is 1. The molecule has 106 valence electrons. The Morgan fingerprint density at radius 1 is 1.19 bits per heavy atom. The number of hydrogen-bond acceptors (Lipinski definition) is 3. The predicted octanol–water partition coefficient (Wildman–Crippen LogP) is 3.90. The van der Waals surface area contributed by atoms with Gasteiger partial charge in [0.25, 0.3) is 0 Å². The molecule has 1 N–H and O–H groups in total. The topological polar surface area (TPSA) is 37.8 Å². The SMILES string of the molecule is CNC(Cc1cncc(Br)c1)c1ccc2ncccc2c1. The molecular weight excluding hydrogens is 326 g/mol. The maximum Gasteiger partial charge on any atom is 0.0702 e. The van der Waals surface area contributed by atoms with E-state index in [0.717, 1.165) is 16.4 Å². The van der Waals surface area contributed by atoms with Crippen LogP contribution in [0.1, 0.15) is 17.2 Å². The molecule has 0 amide bonds. The van der Waals surface area contributed by atoms with Crippen molar-refractivity contribution in [2.75, 3.05) is 7.05 Å². The smallest absolute Gasteiger partial charge is 0.0702 e. The van der Waals surface area contributed by atoms with Gasteiger partial charge in [0.2, 0.25) is 0 Å². The van der Waals surface area contributed by atoms with Crippen molar-refractivity contribution in [2.24, 2.45) is 0 Å². The molecule has 0 bridgehead atoms. The molecule has 0 aliphatic rings. The zero-order chi connectivity index (χ0) is 14.7. The van der Waals surface area contributed by atoms with Crippen molar-refractivity contribution in [3.05, 3.63) is 70.6 Å². The summed E-state index contributed by atoms with van der Waals surface area (Å²) in [5.41, 5.74) is 3.49. The fourth-order valence-corrected chi connectivity index (χ4v) is 2.91. The molecule has 0 spiro atoms. The van der Waals surface area contributed by atoms with E-state index in [0.29, 0.717) is 0 Å². The lowest BCUT2D eigenvalue weighted by atomic mass is 9.98. The Hall–Kier alpha value is -1.78. The van der Waals surface area contributed by atoms with E-state index in [1.807, 2.05) is 25.5 Å². The molecule has 0 saturated heterocycles. The van der Waals surface area contributed by atoms with Crippen LogP contribution in [0.25, 0.3) is 10.9 Å². The summed E-state index contributed by atoms with van der Waals surface area (Å²) in [6.45, 7) is 0. The number of likely N-dealkylation sites (N-methyl/N-ethyl adjacent to an activating group) is 1. The van der Waals surface area contributed by atoms with Gasteiger partial charge in [0, 0.05) is 34.5 Å². The molecule has 3 aromatic rings. The first-order chi connectivity index (χ1) is 10.3. The van der Waals surface area contributed by atoms with E-state index in [-0.39, 0.29) is 6.04 Å². The van der Waals surface area contributed by atoms with Crippen LogP contribution in [0.4, 0.5) is 0 Å². The highest BCUT2D eigenvalue weighted by Crippen LogP contribution is 2.23. The first kappa shape index (κ1) is 14.2. The molecule has 0 fully saturated rings. The van der Waals surface area contributed by atoms with Gasteiger partial charge in [-0.15, -0.1) is 0 Å². The molecule has 21 heavy (non-hydrogen) atoms. The van der Waals surface area contributed by atoms with Gasteiger partial charge in [-0.1, -0.05) is 12.1 Å². The summed E-state index contributed by atoms with van der Waals surface area (Å²) in [6, 6.07) is 12.9. The van der Waals surface area contributed by atoms with Gasteiger partial charge in [-0.2, -0.15) is 0 Å². The zero-order valence-corrected chi connectivity index (χ0v) is 13.3. The van der Waals surface area contributed by atoms with E-state index in [9.17, 15) is 0 Å². The van der Waals surface area contributed by atoms with Crippen molar-refractivity contribution >= 4 is 26.8 Å². The fraction of sp³-hybridized carbons (Fsp3) is 0.176. The summed E-state index contributed by atoms with van der Waals surface area (Å²) in [5, 5.41) is 4.56. The summed E-state index contributed by atoms with van der Waals surface area (Å²) in [6.07, 6.45) is 6.44.